The molecule has 27 heavy (non-hydrogen) atoms. The van der Waals surface area contributed by atoms with Crippen LogP contribution in [0.3, 0.4) is 0 Å². The summed E-state index contributed by atoms with van der Waals surface area (Å²) in [6, 6.07) is 13.3. The molecule has 1 unspecified atom stereocenters. The number of fused-ring (bicyclic) bond motifs is 2. The molecule has 1 aliphatic carbocycles. The maximum absolute atomic E-state index is 5.70. The molecule has 0 saturated carbocycles. The van der Waals surface area contributed by atoms with Crippen molar-refractivity contribution in [3.05, 3.63) is 58.7 Å². The first-order chi connectivity index (χ1) is 12.7. The van der Waals surface area contributed by atoms with Crippen LogP contribution in [0.1, 0.15) is 41.0 Å². The number of methoxy groups -OCH3 is 1. The number of benzene rings is 2. The van der Waals surface area contributed by atoms with E-state index in [4.69, 9.17) is 9.47 Å². The highest BCUT2D eigenvalue weighted by Gasteiger charge is 2.23. The van der Waals surface area contributed by atoms with Gasteiger partial charge < -0.3 is 14.4 Å². The summed E-state index contributed by atoms with van der Waals surface area (Å²) >= 11 is 0. The van der Waals surface area contributed by atoms with Gasteiger partial charge in [-0.25, -0.2) is 0 Å². The van der Waals surface area contributed by atoms with E-state index in [-0.39, 0.29) is 12.4 Å². The van der Waals surface area contributed by atoms with Crippen LogP contribution in [0.25, 0.3) is 0 Å². The lowest BCUT2D eigenvalue weighted by Gasteiger charge is -2.30. The molecule has 4 rings (SSSR count). The van der Waals surface area contributed by atoms with Crippen molar-refractivity contribution in [1.82, 2.24) is 4.90 Å². The van der Waals surface area contributed by atoms with Crippen LogP contribution < -0.4 is 9.47 Å². The van der Waals surface area contributed by atoms with Crippen molar-refractivity contribution in [2.75, 3.05) is 33.9 Å². The number of likely N-dealkylation sites (N-methyl/N-ethyl adjacent to an activating group) is 1. The molecule has 1 aliphatic heterocycles. The highest BCUT2D eigenvalue weighted by Crippen LogP contribution is 2.37. The second kappa shape index (κ2) is 8.99. The van der Waals surface area contributed by atoms with Crippen LogP contribution in [0, 0.1) is 0 Å². The van der Waals surface area contributed by atoms with E-state index in [0.717, 1.165) is 50.5 Å². The van der Waals surface area contributed by atoms with Gasteiger partial charge in [0.2, 0.25) is 0 Å². The highest BCUT2D eigenvalue weighted by atomic mass is 35.5. The number of halogens is 1. The van der Waals surface area contributed by atoms with E-state index in [1.54, 1.807) is 7.11 Å². The molecule has 1 atom stereocenters. The molecule has 0 fully saturated rings. The lowest BCUT2D eigenvalue weighted by atomic mass is 9.82. The fraction of sp³-hybridized carbons (Fsp3) is 0.478. The van der Waals surface area contributed by atoms with E-state index in [2.05, 4.69) is 48.3 Å². The summed E-state index contributed by atoms with van der Waals surface area (Å²) in [7, 11) is 4.03. The maximum Gasteiger partial charge on any atom is 0.122 e. The molecule has 0 bridgehead atoms. The van der Waals surface area contributed by atoms with Gasteiger partial charge >= 0.3 is 0 Å². The van der Waals surface area contributed by atoms with Crippen molar-refractivity contribution in [2.24, 2.45) is 0 Å². The van der Waals surface area contributed by atoms with Gasteiger partial charge in [0.25, 0.3) is 0 Å². The second-order valence-electron chi connectivity index (χ2n) is 7.67. The van der Waals surface area contributed by atoms with E-state index in [1.807, 2.05) is 0 Å². The standard InChI is InChI=1S/C23H29NO2.ClH/c1-24(13-11-17-9-10-18-12-14-26-23(18)15-17)16-19-5-3-7-21-20(19)6-4-8-22(21)25-2;/h4,6,8-10,15,19H,3,5,7,11-14,16H2,1-2H3;1H. The van der Waals surface area contributed by atoms with Gasteiger partial charge in [0.15, 0.2) is 0 Å². The number of ether oxygens (including phenoxy) is 2. The van der Waals surface area contributed by atoms with Crippen molar-refractivity contribution in [3.8, 4) is 11.5 Å². The molecule has 1 heterocycles. The third-order valence-electron chi connectivity index (χ3n) is 5.88. The Morgan fingerprint density at radius 1 is 1.19 bits per heavy atom. The van der Waals surface area contributed by atoms with Crippen molar-refractivity contribution in [3.63, 3.8) is 0 Å². The quantitative estimate of drug-likeness (QED) is 0.720. The predicted octanol–water partition coefficient (Wildman–Crippen LogP) is 4.65. The molecule has 0 saturated heterocycles. The van der Waals surface area contributed by atoms with Gasteiger partial charge in [-0.3, -0.25) is 0 Å². The van der Waals surface area contributed by atoms with Gasteiger partial charge in [-0.15, -0.1) is 12.4 Å². The minimum Gasteiger partial charge on any atom is -0.496 e. The molecule has 2 aromatic carbocycles. The summed E-state index contributed by atoms with van der Waals surface area (Å²) in [5.74, 6) is 2.77. The lowest BCUT2D eigenvalue weighted by Crippen LogP contribution is -2.28. The zero-order valence-electron chi connectivity index (χ0n) is 16.4. The van der Waals surface area contributed by atoms with E-state index >= 15 is 0 Å². The third kappa shape index (κ3) is 4.41. The molecule has 4 heteroatoms. The zero-order valence-corrected chi connectivity index (χ0v) is 17.2. The van der Waals surface area contributed by atoms with Crippen LogP contribution in [0.15, 0.2) is 36.4 Å². The van der Waals surface area contributed by atoms with Gasteiger partial charge in [0, 0.05) is 19.5 Å². The summed E-state index contributed by atoms with van der Waals surface area (Å²) < 4.78 is 11.3. The molecule has 0 amide bonds. The number of hydrogen-bond donors (Lipinski definition) is 0. The Kier molecular flexibility index (Phi) is 6.67. The Morgan fingerprint density at radius 3 is 2.93 bits per heavy atom. The topological polar surface area (TPSA) is 21.7 Å². The molecule has 0 radical (unpaired) electrons. The van der Waals surface area contributed by atoms with E-state index in [9.17, 15) is 0 Å². The van der Waals surface area contributed by atoms with Gasteiger partial charge in [0.05, 0.1) is 13.7 Å². The monoisotopic (exact) mass is 387 g/mol. The fourth-order valence-corrected chi connectivity index (χ4v) is 4.45. The Bertz CT molecular complexity index is 777. The van der Waals surface area contributed by atoms with Crippen LogP contribution in [0.4, 0.5) is 0 Å². The molecule has 3 nitrogen and oxygen atoms in total. The first kappa shape index (κ1) is 20.0. The third-order valence-corrected chi connectivity index (χ3v) is 5.88. The first-order valence-corrected chi connectivity index (χ1v) is 9.83. The average molecular weight is 388 g/mol. The van der Waals surface area contributed by atoms with Crippen molar-refractivity contribution >= 4 is 12.4 Å². The lowest BCUT2D eigenvalue weighted by molar-refractivity contribution is 0.299. The Hall–Kier alpha value is -1.71. The van der Waals surface area contributed by atoms with Crippen molar-refractivity contribution in [2.45, 2.75) is 38.0 Å². The van der Waals surface area contributed by atoms with Crippen LogP contribution in [0.5, 0.6) is 11.5 Å². The molecule has 2 aliphatic rings. The predicted molar refractivity (Wildman–Crippen MR) is 113 cm³/mol. The second-order valence-corrected chi connectivity index (χ2v) is 7.67. The van der Waals surface area contributed by atoms with Crippen LogP contribution in [-0.4, -0.2) is 38.8 Å². The Morgan fingerprint density at radius 2 is 2.07 bits per heavy atom. The molecule has 0 N–H and O–H groups in total. The number of rotatable bonds is 6. The van der Waals surface area contributed by atoms with Crippen LogP contribution >= 0.6 is 12.4 Å². The van der Waals surface area contributed by atoms with Crippen molar-refractivity contribution < 1.29 is 9.47 Å². The van der Waals surface area contributed by atoms with Crippen LogP contribution in [-0.2, 0) is 19.3 Å². The van der Waals surface area contributed by atoms with E-state index in [1.165, 1.54) is 35.1 Å². The minimum atomic E-state index is 0. The zero-order chi connectivity index (χ0) is 17.9. The van der Waals surface area contributed by atoms with Crippen molar-refractivity contribution in [1.29, 1.82) is 0 Å². The normalized spacial score (nSPS) is 17.7. The maximum atomic E-state index is 5.70. The van der Waals surface area contributed by atoms with Gasteiger partial charge in [0.1, 0.15) is 11.5 Å². The molecular weight excluding hydrogens is 358 g/mol. The molecule has 0 spiro atoms. The van der Waals surface area contributed by atoms with Gasteiger partial charge in [-0.1, -0.05) is 24.3 Å². The summed E-state index contributed by atoms with van der Waals surface area (Å²) in [4.78, 5) is 2.48. The Balaban J connectivity index is 0.00000210. The van der Waals surface area contributed by atoms with E-state index < -0.39 is 0 Å². The minimum absolute atomic E-state index is 0. The smallest absolute Gasteiger partial charge is 0.122 e. The first-order valence-electron chi connectivity index (χ1n) is 9.83. The SMILES string of the molecule is COc1cccc2c1CCCC2CN(C)CCc1ccc2c(c1)OCC2.Cl. The fourth-order valence-electron chi connectivity index (χ4n) is 4.45. The van der Waals surface area contributed by atoms with Gasteiger partial charge in [-0.05, 0) is 73.0 Å². The average Bonchev–Trinajstić information content (AvgIpc) is 3.14. The summed E-state index contributed by atoms with van der Waals surface area (Å²) in [6.45, 7) is 3.03. The highest BCUT2D eigenvalue weighted by molar-refractivity contribution is 5.85. The number of nitrogens with zero attached hydrogens (tertiary/aromatic N) is 1. The molecule has 146 valence electrons. The van der Waals surface area contributed by atoms with E-state index in [0.29, 0.717) is 5.92 Å². The summed E-state index contributed by atoms with van der Waals surface area (Å²) in [5, 5.41) is 0. The molecular formula is C23H30ClNO2. The van der Waals surface area contributed by atoms with Gasteiger partial charge in [-0.2, -0.15) is 0 Å². The number of hydrogen-bond acceptors (Lipinski definition) is 3. The Labute approximate surface area is 169 Å². The largest absolute Gasteiger partial charge is 0.496 e. The molecule has 2 aromatic rings. The summed E-state index contributed by atoms with van der Waals surface area (Å²) in [6.07, 6.45) is 5.81. The van der Waals surface area contributed by atoms with Crippen LogP contribution in [0.2, 0.25) is 0 Å². The summed E-state index contributed by atoms with van der Waals surface area (Å²) in [5.41, 5.74) is 5.65. The molecule has 0 aromatic heterocycles.